The first-order valence-electron chi connectivity index (χ1n) is 9.21. The summed E-state index contributed by atoms with van der Waals surface area (Å²) in [4.78, 5) is 47.9. The van der Waals surface area contributed by atoms with Crippen LogP contribution in [0.15, 0.2) is 54.4 Å². The summed E-state index contributed by atoms with van der Waals surface area (Å²) in [5.41, 5.74) is 1.82. The molecule has 12 heteroatoms. The summed E-state index contributed by atoms with van der Waals surface area (Å²) in [7, 11) is -4.85. The molecule has 0 saturated carbocycles. The van der Waals surface area contributed by atoms with Crippen molar-refractivity contribution in [1.29, 1.82) is 0 Å². The van der Waals surface area contributed by atoms with Crippen LogP contribution in [0.25, 0.3) is 17.0 Å². The van der Waals surface area contributed by atoms with Gasteiger partial charge in [-0.05, 0) is 35.9 Å². The highest BCUT2D eigenvalue weighted by Crippen LogP contribution is 2.39. The van der Waals surface area contributed by atoms with Gasteiger partial charge < -0.3 is 20.1 Å². The van der Waals surface area contributed by atoms with Crippen molar-refractivity contribution in [1.82, 2.24) is 15.2 Å². The van der Waals surface area contributed by atoms with E-state index in [1.54, 1.807) is 36.5 Å². The molecule has 0 radical (unpaired) electrons. The Hall–Kier alpha value is -2.65. The van der Waals surface area contributed by atoms with Crippen LogP contribution < -0.4 is 5.32 Å². The number of imide groups is 1. The molecule has 0 aliphatic carbocycles. The number of rotatable bonds is 6. The summed E-state index contributed by atoms with van der Waals surface area (Å²) in [5, 5.41) is 4.27. The molecule has 1 aromatic heterocycles. The predicted octanol–water partition coefficient (Wildman–Crippen LogP) is 4.22. The van der Waals surface area contributed by atoms with E-state index in [0.717, 1.165) is 15.8 Å². The fourth-order valence-corrected chi connectivity index (χ4v) is 4.03. The van der Waals surface area contributed by atoms with E-state index in [9.17, 15) is 14.2 Å². The first-order chi connectivity index (χ1) is 15.1. The number of amides is 3. The lowest BCUT2D eigenvalue weighted by Crippen LogP contribution is -2.37. The number of carbonyl (C=O) groups excluding carboxylic acids is 2. The smallest absolute Gasteiger partial charge is 0.361 e. The molecule has 2 heterocycles. The highest BCUT2D eigenvalue weighted by Gasteiger charge is 2.40. The fourth-order valence-electron chi connectivity index (χ4n) is 3.40. The number of aromatic amines is 1. The fraction of sp³-hybridized carbons (Fsp3) is 0.100. The van der Waals surface area contributed by atoms with E-state index >= 15 is 0 Å². The number of benzene rings is 2. The monoisotopic (exact) mass is 495 g/mol. The Bertz CT molecular complexity index is 1280. The third-order valence-electron chi connectivity index (χ3n) is 4.85. The SMILES string of the molecule is O=C1N/C(=C\c2c[nH]c3cc(Cl)ccc23)C(=O)N1C(COP(=O)(O)O)c1ccc(Cl)cc1. The number of phosphoric ester groups is 1. The van der Waals surface area contributed by atoms with E-state index in [1.807, 2.05) is 0 Å². The first kappa shape index (κ1) is 22.5. The molecule has 1 saturated heterocycles. The number of fused-ring (bicyclic) bond motifs is 1. The molecule has 1 aliphatic rings. The van der Waals surface area contributed by atoms with Crippen LogP contribution in [0, 0.1) is 0 Å². The van der Waals surface area contributed by atoms with Crippen molar-refractivity contribution in [3.05, 3.63) is 75.5 Å². The number of carbonyl (C=O) groups is 2. The largest absolute Gasteiger partial charge is 0.469 e. The first-order valence-corrected chi connectivity index (χ1v) is 11.5. The second-order valence-corrected chi connectivity index (χ2v) is 9.06. The van der Waals surface area contributed by atoms with Gasteiger partial charge >= 0.3 is 13.9 Å². The van der Waals surface area contributed by atoms with Crippen LogP contribution >= 0.6 is 31.0 Å². The van der Waals surface area contributed by atoms with E-state index in [-0.39, 0.29) is 5.70 Å². The Labute approximate surface area is 191 Å². The maximum Gasteiger partial charge on any atom is 0.469 e. The maximum atomic E-state index is 13.1. The van der Waals surface area contributed by atoms with Crippen molar-refractivity contribution >= 4 is 59.9 Å². The number of urea groups is 1. The number of phosphoric acid groups is 1. The van der Waals surface area contributed by atoms with Crippen LogP contribution in [0.4, 0.5) is 4.79 Å². The zero-order valence-electron chi connectivity index (χ0n) is 16.2. The van der Waals surface area contributed by atoms with Gasteiger partial charge in [0.15, 0.2) is 0 Å². The summed E-state index contributed by atoms with van der Waals surface area (Å²) in [6.07, 6.45) is 3.18. The zero-order valence-corrected chi connectivity index (χ0v) is 18.6. The van der Waals surface area contributed by atoms with E-state index in [4.69, 9.17) is 33.0 Å². The van der Waals surface area contributed by atoms with Crippen molar-refractivity contribution in [3.8, 4) is 0 Å². The van der Waals surface area contributed by atoms with Gasteiger partial charge in [-0.3, -0.25) is 9.32 Å². The number of halogens is 2. The predicted molar refractivity (Wildman–Crippen MR) is 119 cm³/mol. The molecule has 1 aliphatic heterocycles. The number of aromatic nitrogens is 1. The lowest BCUT2D eigenvalue weighted by molar-refractivity contribution is -0.125. The van der Waals surface area contributed by atoms with Crippen LogP contribution in [-0.4, -0.2) is 38.2 Å². The molecule has 1 atom stereocenters. The van der Waals surface area contributed by atoms with E-state index in [0.29, 0.717) is 21.2 Å². The van der Waals surface area contributed by atoms with Gasteiger partial charge in [0.25, 0.3) is 5.91 Å². The quantitative estimate of drug-likeness (QED) is 0.230. The van der Waals surface area contributed by atoms with Crippen molar-refractivity contribution in [2.45, 2.75) is 6.04 Å². The molecule has 3 amide bonds. The molecule has 0 bridgehead atoms. The normalized spacial score (nSPS) is 16.8. The minimum absolute atomic E-state index is 0.000920. The number of hydrogen-bond donors (Lipinski definition) is 4. The molecule has 166 valence electrons. The molecule has 4 N–H and O–H groups in total. The second kappa shape index (κ2) is 8.71. The third-order valence-corrected chi connectivity index (χ3v) is 5.82. The molecule has 1 fully saturated rings. The number of hydrogen-bond acceptors (Lipinski definition) is 4. The maximum absolute atomic E-state index is 13.1. The Morgan fingerprint density at radius 2 is 1.78 bits per heavy atom. The van der Waals surface area contributed by atoms with Gasteiger partial charge in [0.1, 0.15) is 5.70 Å². The Kier molecular flexibility index (Phi) is 6.13. The molecular formula is C20H16Cl2N3O6P. The van der Waals surface area contributed by atoms with Crippen molar-refractivity contribution in [2.24, 2.45) is 0 Å². The summed E-state index contributed by atoms with van der Waals surface area (Å²) in [6.45, 7) is -0.607. The molecule has 4 rings (SSSR count). The number of nitrogens with zero attached hydrogens (tertiary/aromatic N) is 1. The number of nitrogens with one attached hydrogen (secondary N) is 2. The lowest BCUT2D eigenvalue weighted by atomic mass is 10.1. The second-order valence-electron chi connectivity index (χ2n) is 6.95. The minimum atomic E-state index is -4.85. The van der Waals surface area contributed by atoms with E-state index < -0.39 is 32.4 Å². The van der Waals surface area contributed by atoms with Crippen molar-refractivity contribution < 1.29 is 28.5 Å². The van der Waals surface area contributed by atoms with Gasteiger partial charge in [-0.25, -0.2) is 14.3 Å². The summed E-state index contributed by atoms with van der Waals surface area (Å²) < 4.78 is 15.9. The molecule has 32 heavy (non-hydrogen) atoms. The molecule has 2 aromatic carbocycles. The Morgan fingerprint density at radius 3 is 2.47 bits per heavy atom. The molecule has 3 aromatic rings. The zero-order chi connectivity index (χ0) is 23.0. The average molecular weight is 496 g/mol. The van der Waals surface area contributed by atoms with Gasteiger partial charge in [0.2, 0.25) is 0 Å². The van der Waals surface area contributed by atoms with E-state index in [2.05, 4.69) is 14.8 Å². The third kappa shape index (κ3) is 4.73. The molecular weight excluding hydrogens is 480 g/mol. The van der Waals surface area contributed by atoms with Crippen LogP contribution in [0.2, 0.25) is 10.0 Å². The summed E-state index contributed by atoms with van der Waals surface area (Å²) >= 11 is 11.9. The Morgan fingerprint density at radius 1 is 1.09 bits per heavy atom. The Balaban J connectivity index is 1.68. The van der Waals surface area contributed by atoms with Gasteiger partial charge in [0, 0.05) is 32.7 Å². The van der Waals surface area contributed by atoms with Gasteiger partial charge in [-0.2, -0.15) is 0 Å². The minimum Gasteiger partial charge on any atom is -0.361 e. The van der Waals surface area contributed by atoms with Crippen LogP contribution in [-0.2, 0) is 13.9 Å². The lowest BCUT2D eigenvalue weighted by Gasteiger charge is -2.25. The highest BCUT2D eigenvalue weighted by molar-refractivity contribution is 7.46. The molecule has 1 unspecified atom stereocenters. The van der Waals surface area contributed by atoms with Gasteiger partial charge in [0.05, 0.1) is 12.6 Å². The summed E-state index contributed by atoms with van der Waals surface area (Å²) in [5.74, 6) is -0.674. The van der Waals surface area contributed by atoms with Crippen molar-refractivity contribution in [3.63, 3.8) is 0 Å². The van der Waals surface area contributed by atoms with Gasteiger partial charge in [-0.1, -0.05) is 41.4 Å². The van der Waals surface area contributed by atoms with Crippen molar-refractivity contribution in [2.75, 3.05) is 6.61 Å². The summed E-state index contributed by atoms with van der Waals surface area (Å²) in [6, 6.07) is 9.53. The van der Waals surface area contributed by atoms with Gasteiger partial charge in [-0.15, -0.1) is 0 Å². The topological polar surface area (TPSA) is 132 Å². The number of H-pyrrole nitrogens is 1. The standard InChI is InChI=1S/C20H16Cl2N3O6P/c21-13-3-1-11(2-4-13)18(10-31-32(28,29)30)25-19(26)17(24-20(25)27)7-12-9-23-16-8-14(22)5-6-15(12)16/h1-9,18,23H,10H2,(H,24,27)(H2,28,29,30)/b17-7-. The van der Waals surface area contributed by atoms with Crippen LogP contribution in [0.5, 0.6) is 0 Å². The molecule has 0 spiro atoms. The highest BCUT2D eigenvalue weighted by atomic mass is 35.5. The molecule has 9 nitrogen and oxygen atoms in total. The van der Waals surface area contributed by atoms with Crippen LogP contribution in [0.1, 0.15) is 17.2 Å². The average Bonchev–Trinajstić information content (AvgIpc) is 3.23. The van der Waals surface area contributed by atoms with E-state index in [1.165, 1.54) is 18.2 Å². The van der Waals surface area contributed by atoms with Crippen LogP contribution in [0.3, 0.4) is 0 Å².